The van der Waals surface area contributed by atoms with E-state index in [1.807, 2.05) is 60.7 Å². The highest BCUT2D eigenvalue weighted by molar-refractivity contribution is 7.91. The molecule has 2 aliphatic rings. The molecule has 1 aromatic carbocycles. The van der Waals surface area contributed by atoms with E-state index in [4.69, 9.17) is 0 Å². The molecule has 33 heavy (non-hydrogen) atoms. The molecule has 0 bridgehead atoms. The minimum atomic E-state index is -1.24. The number of rotatable bonds is 6. The van der Waals surface area contributed by atoms with E-state index in [1.54, 1.807) is 12.2 Å². The fourth-order valence-corrected chi connectivity index (χ4v) is 8.82. The van der Waals surface area contributed by atoms with E-state index >= 15 is 0 Å². The lowest BCUT2D eigenvalue weighted by Crippen LogP contribution is -1.87. The molecule has 0 spiro atoms. The van der Waals surface area contributed by atoms with E-state index in [2.05, 4.69) is 20.2 Å². The molecule has 0 amide bonds. The van der Waals surface area contributed by atoms with Crippen molar-refractivity contribution >= 4 is 67.0 Å². The molecule has 0 saturated carbocycles. The number of hydrogen-bond acceptors (Lipinski definition) is 7. The molecule has 4 nitrogen and oxygen atoms in total. The maximum atomic E-state index is 12.8. The van der Waals surface area contributed by atoms with Gasteiger partial charge in [0.1, 0.15) is 32.6 Å². The summed E-state index contributed by atoms with van der Waals surface area (Å²) in [5, 5.41) is 0. The Morgan fingerprint density at radius 3 is 1.58 bits per heavy atom. The molecule has 0 N–H and O–H groups in total. The molecule has 9 heteroatoms. The Bertz CT molecular complexity index is 1560. The van der Waals surface area contributed by atoms with Gasteiger partial charge in [-0.15, -0.1) is 34.1 Å². The Morgan fingerprint density at radius 2 is 1.15 bits per heavy atom. The topological polar surface area (TPSA) is 59.9 Å². The van der Waals surface area contributed by atoms with Crippen molar-refractivity contribution in [3.63, 3.8) is 0 Å². The molecule has 2 aliphatic carbocycles. The van der Waals surface area contributed by atoms with Gasteiger partial charge in [0, 0.05) is 20.9 Å². The van der Waals surface area contributed by atoms with Gasteiger partial charge in [0.25, 0.3) is 0 Å². The quantitative estimate of drug-likeness (QED) is 0.269. The summed E-state index contributed by atoms with van der Waals surface area (Å²) in [6, 6.07) is 11.8. The van der Waals surface area contributed by atoms with Crippen LogP contribution in [0.15, 0.2) is 103 Å². The molecule has 3 aromatic heterocycles. The first-order valence-corrected chi connectivity index (χ1v) is 14.4. The number of nitrogens with zero attached hydrogens (tertiary/aromatic N) is 2. The fraction of sp³-hybridized carbons (Fsp3) is 0. The number of aromatic nitrogens is 2. The summed E-state index contributed by atoms with van der Waals surface area (Å²) in [7, 11) is -2.48. The van der Waals surface area contributed by atoms with Crippen molar-refractivity contribution < 1.29 is 8.42 Å². The van der Waals surface area contributed by atoms with Gasteiger partial charge < -0.3 is 0 Å². The van der Waals surface area contributed by atoms with Crippen LogP contribution in [0.4, 0.5) is 0 Å². The highest BCUT2D eigenvalue weighted by Gasteiger charge is 2.19. The van der Waals surface area contributed by atoms with Crippen LogP contribution in [0.5, 0.6) is 0 Å². The number of benzene rings is 1. The number of allylic oxidation sites excluding steroid dienone is 4. The second kappa shape index (κ2) is 8.56. The minimum Gasteiger partial charge on any atom is -0.248 e. The lowest BCUT2D eigenvalue weighted by atomic mass is 10.1. The maximum absolute atomic E-state index is 12.8. The summed E-state index contributed by atoms with van der Waals surface area (Å²) in [6.07, 6.45) is 10.9. The van der Waals surface area contributed by atoms with Crippen LogP contribution in [0.3, 0.4) is 0 Å². The average molecular weight is 521 g/mol. The Kier molecular flexibility index (Phi) is 5.40. The molecule has 0 saturated heterocycles. The molecule has 0 fully saturated rings. The van der Waals surface area contributed by atoms with Gasteiger partial charge in [0.05, 0.1) is 30.0 Å². The Hall–Kier alpha value is -2.74. The van der Waals surface area contributed by atoms with E-state index in [1.165, 1.54) is 34.4 Å². The zero-order valence-corrected chi connectivity index (χ0v) is 20.8. The van der Waals surface area contributed by atoms with Crippen molar-refractivity contribution in [1.29, 1.82) is 0 Å². The van der Waals surface area contributed by atoms with Crippen LogP contribution in [-0.2, 0) is 21.6 Å². The van der Waals surface area contributed by atoms with E-state index in [9.17, 15) is 8.42 Å². The van der Waals surface area contributed by atoms with Gasteiger partial charge in [-0.1, -0.05) is 24.3 Å². The number of thiophene rings is 2. The van der Waals surface area contributed by atoms with Crippen molar-refractivity contribution in [2.45, 2.75) is 8.42 Å². The standard InChI is InChI=1S/C24H12N2O2S5/c27-32(15-5-1-2-6-15)21-13-11-19(29-21)17-9-10-18(24-23(17)25-31-26-24)20-12-14-22(30-20)33(28)16-7-3-4-8-16/h1-5,7,9-14H. The number of hydrogen-bond donors (Lipinski definition) is 0. The summed E-state index contributed by atoms with van der Waals surface area (Å²) >= 11 is 4.16. The zero-order valence-electron chi connectivity index (χ0n) is 16.7. The van der Waals surface area contributed by atoms with Crippen molar-refractivity contribution in [3.8, 4) is 20.9 Å². The summed E-state index contributed by atoms with van der Waals surface area (Å²) in [6.45, 7) is 0. The van der Waals surface area contributed by atoms with E-state index in [0.29, 0.717) is 9.81 Å². The lowest BCUT2D eigenvalue weighted by molar-refractivity contribution is 0.688. The summed E-state index contributed by atoms with van der Waals surface area (Å²) in [5.41, 5.74) is 9.60. The SMILES string of the molecule is O=S(C1=C=CC=C1)c1ccc(-c2ccc(-c3ccc(S(=O)C4=C=CC=C4)s3)c3nsnc23)s1. The normalized spacial score (nSPS) is 16.0. The van der Waals surface area contributed by atoms with Crippen LogP contribution in [0.2, 0.25) is 0 Å². The molecular weight excluding hydrogens is 509 g/mol. The minimum absolute atomic E-state index is 0.685. The predicted molar refractivity (Wildman–Crippen MR) is 138 cm³/mol. The Balaban J connectivity index is 1.36. The molecule has 0 radical (unpaired) electrons. The van der Waals surface area contributed by atoms with E-state index in [0.717, 1.165) is 40.3 Å². The molecule has 4 aromatic rings. The highest BCUT2D eigenvalue weighted by atomic mass is 32.2. The third-order valence-electron chi connectivity index (χ3n) is 5.01. The molecule has 2 atom stereocenters. The van der Waals surface area contributed by atoms with Crippen molar-refractivity contribution in [2.75, 3.05) is 0 Å². The molecule has 6 rings (SSSR count). The van der Waals surface area contributed by atoms with Crippen LogP contribution in [0, 0.1) is 0 Å². The largest absolute Gasteiger partial charge is 0.248 e. The first-order valence-electron chi connectivity index (χ1n) is 9.75. The highest BCUT2D eigenvalue weighted by Crippen LogP contribution is 2.41. The summed E-state index contributed by atoms with van der Waals surface area (Å²) in [4.78, 5) is 3.36. The van der Waals surface area contributed by atoms with Crippen molar-refractivity contribution in [3.05, 3.63) is 94.1 Å². The zero-order chi connectivity index (χ0) is 22.4. The Morgan fingerprint density at radius 1 is 0.667 bits per heavy atom. The third-order valence-corrected chi connectivity index (χ3v) is 11.1. The molecule has 160 valence electrons. The monoisotopic (exact) mass is 520 g/mol. The van der Waals surface area contributed by atoms with Crippen LogP contribution in [0.25, 0.3) is 31.9 Å². The van der Waals surface area contributed by atoms with Crippen LogP contribution >= 0.6 is 34.4 Å². The van der Waals surface area contributed by atoms with Crippen LogP contribution < -0.4 is 0 Å². The van der Waals surface area contributed by atoms with Gasteiger partial charge in [-0.3, -0.25) is 0 Å². The molecule has 3 heterocycles. The molecular formula is C24H12N2O2S5. The summed E-state index contributed by atoms with van der Waals surface area (Å²) < 4.78 is 36.3. The van der Waals surface area contributed by atoms with Crippen LogP contribution in [-0.4, -0.2) is 17.2 Å². The van der Waals surface area contributed by atoms with Gasteiger partial charge in [0.2, 0.25) is 0 Å². The van der Waals surface area contributed by atoms with E-state index < -0.39 is 21.6 Å². The fourth-order valence-electron chi connectivity index (χ4n) is 3.47. The average Bonchev–Trinajstić information content (AvgIpc) is 3.67. The number of fused-ring (bicyclic) bond motifs is 1. The second-order valence-electron chi connectivity index (χ2n) is 6.97. The maximum Gasteiger partial charge on any atom is 0.114 e. The first kappa shape index (κ1) is 20.8. The van der Waals surface area contributed by atoms with Gasteiger partial charge in [-0.2, -0.15) is 8.75 Å². The van der Waals surface area contributed by atoms with Crippen molar-refractivity contribution in [2.24, 2.45) is 0 Å². The third kappa shape index (κ3) is 3.74. The van der Waals surface area contributed by atoms with Crippen LogP contribution in [0.1, 0.15) is 0 Å². The van der Waals surface area contributed by atoms with Gasteiger partial charge in [-0.05, 0) is 48.6 Å². The first-order chi connectivity index (χ1) is 16.2. The second-order valence-corrected chi connectivity index (χ2v) is 13.0. The van der Waals surface area contributed by atoms with Crippen molar-refractivity contribution in [1.82, 2.24) is 8.75 Å². The molecule has 0 aliphatic heterocycles. The van der Waals surface area contributed by atoms with Gasteiger partial charge in [0.15, 0.2) is 0 Å². The van der Waals surface area contributed by atoms with Gasteiger partial charge in [-0.25, -0.2) is 8.42 Å². The van der Waals surface area contributed by atoms with E-state index in [-0.39, 0.29) is 0 Å². The Labute approximate surface area is 206 Å². The predicted octanol–water partition coefficient (Wildman–Crippen LogP) is 6.58. The van der Waals surface area contributed by atoms with Gasteiger partial charge >= 0.3 is 0 Å². The smallest absolute Gasteiger partial charge is 0.114 e. The summed E-state index contributed by atoms with van der Waals surface area (Å²) in [5.74, 6) is 0. The molecule has 2 unspecified atom stereocenters. The lowest BCUT2D eigenvalue weighted by Gasteiger charge is -2.03.